The average molecular weight is 364 g/mol. The Kier molecular flexibility index (Phi) is 4.42. The van der Waals surface area contributed by atoms with Crippen molar-refractivity contribution in [1.82, 2.24) is 15.0 Å². The molecule has 116 valence electrons. The Morgan fingerprint density at radius 3 is 2.55 bits per heavy atom. The molecule has 0 radical (unpaired) electrons. The minimum Gasteiger partial charge on any atom is -0.481 e. The average Bonchev–Trinajstić information content (AvgIpc) is 2.55. The summed E-state index contributed by atoms with van der Waals surface area (Å²) in [7, 11) is 1.62. The van der Waals surface area contributed by atoms with E-state index in [4.69, 9.17) is 4.74 Å². The number of methoxy groups -OCH3 is 1. The van der Waals surface area contributed by atoms with Gasteiger partial charge in [-0.25, -0.2) is 9.97 Å². The Balaban J connectivity index is 1.69. The smallest absolute Gasteiger partial charge is 0.228 e. The van der Waals surface area contributed by atoms with E-state index in [1.54, 1.807) is 19.4 Å². The first-order valence-corrected chi connectivity index (χ1v) is 7.96. The second-order valence-corrected chi connectivity index (χ2v) is 6.08. The number of ether oxygens (including phenoxy) is 1. The molecule has 0 bridgehead atoms. The standard InChI is InChI=1S/C15H18BrN5O/c1-11-9-12(16)10-18-14(11)20-5-7-21(8-6-20)15-17-4-3-13(19-15)22-2/h3-4,9-10H,5-8H2,1-2H3. The van der Waals surface area contributed by atoms with Crippen molar-refractivity contribution < 1.29 is 4.74 Å². The van der Waals surface area contributed by atoms with Gasteiger partial charge in [0.15, 0.2) is 0 Å². The molecule has 0 amide bonds. The van der Waals surface area contributed by atoms with Crippen LogP contribution in [0.15, 0.2) is 29.0 Å². The number of aryl methyl sites for hydroxylation is 1. The van der Waals surface area contributed by atoms with E-state index in [1.165, 1.54) is 5.56 Å². The maximum absolute atomic E-state index is 5.16. The van der Waals surface area contributed by atoms with Gasteiger partial charge in [-0.15, -0.1) is 0 Å². The van der Waals surface area contributed by atoms with Crippen molar-refractivity contribution in [3.63, 3.8) is 0 Å². The van der Waals surface area contributed by atoms with Crippen LogP contribution < -0.4 is 14.5 Å². The van der Waals surface area contributed by atoms with Crippen molar-refractivity contribution in [3.8, 4) is 5.88 Å². The van der Waals surface area contributed by atoms with Gasteiger partial charge >= 0.3 is 0 Å². The monoisotopic (exact) mass is 363 g/mol. The summed E-state index contributed by atoms with van der Waals surface area (Å²) in [5.41, 5.74) is 1.18. The zero-order chi connectivity index (χ0) is 15.5. The molecule has 0 aromatic carbocycles. The van der Waals surface area contributed by atoms with Crippen molar-refractivity contribution in [3.05, 3.63) is 34.6 Å². The van der Waals surface area contributed by atoms with Gasteiger partial charge in [0.25, 0.3) is 0 Å². The number of piperazine rings is 1. The fourth-order valence-corrected chi connectivity index (χ4v) is 3.03. The molecule has 1 fully saturated rings. The highest BCUT2D eigenvalue weighted by molar-refractivity contribution is 9.10. The summed E-state index contributed by atoms with van der Waals surface area (Å²) in [4.78, 5) is 17.7. The van der Waals surface area contributed by atoms with E-state index in [9.17, 15) is 0 Å². The second-order valence-electron chi connectivity index (χ2n) is 5.17. The Morgan fingerprint density at radius 1 is 1.14 bits per heavy atom. The van der Waals surface area contributed by atoms with Crippen LogP contribution in [0.1, 0.15) is 5.56 Å². The molecular weight excluding hydrogens is 346 g/mol. The summed E-state index contributed by atoms with van der Waals surface area (Å²) in [6.07, 6.45) is 3.58. The molecule has 7 heteroatoms. The summed E-state index contributed by atoms with van der Waals surface area (Å²) in [5.74, 6) is 2.37. The van der Waals surface area contributed by atoms with Gasteiger partial charge in [0, 0.05) is 49.1 Å². The SMILES string of the molecule is COc1ccnc(N2CCN(c3ncc(Br)cc3C)CC2)n1. The van der Waals surface area contributed by atoms with Gasteiger partial charge in [0.1, 0.15) is 5.82 Å². The van der Waals surface area contributed by atoms with E-state index in [0.29, 0.717) is 5.88 Å². The quantitative estimate of drug-likeness (QED) is 0.833. The van der Waals surface area contributed by atoms with Crippen molar-refractivity contribution in [2.24, 2.45) is 0 Å². The molecule has 0 N–H and O–H groups in total. The van der Waals surface area contributed by atoms with Crippen LogP contribution in [0.25, 0.3) is 0 Å². The molecule has 22 heavy (non-hydrogen) atoms. The lowest BCUT2D eigenvalue weighted by Gasteiger charge is -2.36. The number of rotatable bonds is 3. The van der Waals surface area contributed by atoms with Gasteiger partial charge in [0.05, 0.1) is 7.11 Å². The fourth-order valence-electron chi connectivity index (χ4n) is 2.58. The van der Waals surface area contributed by atoms with E-state index in [0.717, 1.165) is 42.4 Å². The molecule has 1 aliphatic heterocycles. The number of pyridine rings is 1. The van der Waals surface area contributed by atoms with Crippen LogP contribution in [0.2, 0.25) is 0 Å². The third-order valence-electron chi connectivity index (χ3n) is 3.71. The molecule has 0 unspecified atom stereocenters. The maximum atomic E-state index is 5.16. The van der Waals surface area contributed by atoms with E-state index in [2.05, 4.69) is 53.7 Å². The third kappa shape index (κ3) is 3.14. The van der Waals surface area contributed by atoms with Gasteiger partial charge in [0.2, 0.25) is 11.8 Å². The Labute approximate surface area is 138 Å². The minimum absolute atomic E-state index is 0.595. The Hall–Kier alpha value is -1.89. The molecule has 1 aliphatic rings. The summed E-state index contributed by atoms with van der Waals surface area (Å²) in [5, 5.41) is 0. The van der Waals surface area contributed by atoms with Crippen molar-refractivity contribution >= 4 is 27.7 Å². The van der Waals surface area contributed by atoms with Crippen LogP contribution in [0, 0.1) is 6.92 Å². The largest absolute Gasteiger partial charge is 0.481 e. The lowest BCUT2D eigenvalue weighted by atomic mass is 10.2. The van der Waals surface area contributed by atoms with Gasteiger partial charge in [-0.1, -0.05) is 0 Å². The molecule has 3 rings (SSSR count). The lowest BCUT2D eigenvalue weighted by molar-refractivity contribution is 0.396. The zero-order valence-electron chi connectivity index (χ0n) is 12.7. The molecule has 1 saturated heterocycles. The highest BCUT2D eigenvalue weighted by atomic mass is 79.9. The van der Waals surface area contributed by atoms with Crippen LogP contribution in [0.3, 0.4) is 0 Å². The number of anilines is 2. The maximum Gasteiger partial charge on any atom is 0.228 e. The molecule has 0 atom stereocenters. The van der Waals surface area contributed by atoms with Crippen molar-refractivity contribution in [2.45, 2.75) is 6.92 Å². The van der Waals surface area contributed by atoms with Crippen molar-refractivity contribution in [1.29, 1.82) is 0 Å². The van der Waals surface area contributed by atoms with Gasteiger partial charge in [-0.05, 0) is 34.5 Å². The number of aromatic nitrogens is 3. The number of halogens is 1. The Bertz CT molecular complexity index is 658. The van der Waals surface area contributed by atoms with E-state index in [-0.39, 0.29) is 0 Å². The van der Waals surface area contributed by atoms with Crippen molar-refractivity contribution in [2.75, 3.05) is 43.1 Å². The molecule has 0 spiro atoms. The van der Waals surface area contributed by atoms with Crippen LogP contribution in [0.5, 0.6) is 5.88 Å². The topological polar surface area (TPSA) is 54.4 Å². The van der Waals surface area contributed by atoms with E-state index < -0.39 is 0 Å². The summed E-state index contributed by atoms with van der Waals surface area (Å²) in [6.45, 7) is 5.62. The predicted molar refractivity (Wildman–Crippen MR) is 89.7 cm³/mol. The molecule has 6 nitrogen and oxygen atoms in total. The molecular formula is C15H18BrN5O. The number of hydrogen-bond acceptors (Lipinski definition) is 6. The van der Waals surface area contributed by atoms with Gasteiger partial charge in [-0.2, -0.15) is 4.98 Å². The van der Waals surface area contributed by atoms with Crippen LogP contribution in [-0.4, -0.2) is 48.2 Å². The predicted octanol–water partition coefficient (Wildman–Crippen LogP) is 2.28. The highest BCUT2D eigenvalue weighted by Gasteiger charge is 2.21. The second kappa shape index (κ2) is 6.48. The fraction of sp³-hybridized carbons (Fsp3) is 0.400. The first-order valence-electron chi connectivity index (χ1n) is 7.16. The molecule has 0 aliphatic carbocycles. The van der Waals surface area contributed by atoms with Crippen LogP contribution in [-0.2, 0) is 0 Å². The Morgan fingerprint density at radius 2 is 1.86 bits per heavy atom. The summed E-state index contributed by atoms with van der Waals surface area (Å²) >= 11 is 3.46. The highest BCUT2D eigenvalue weighted by Crippen LogP contribution is 2.23. The summed E-state index contributed by atoms with van der Waals surface area (Å²) < 4.78 is 6.17. The van der Waals surface area contributed by atoms with Crippen LogP contribution in [0.4, 0.5) is 11.8 Å². The van der Waals surface area contributed by atoms with Gasteiger partial charge < -0.3 is 14.5 Å². The first-order chi connectivity index (χ1) is 10.7. The third-order valence-corrected chi connectivity index (χ3v) is 4.14. The number of nitrogens with zero attached hydrogens (tertiary/aromatic N) is 5. The normalized spacial score (nSPS) is 15.0. The summed E-state index contributed by atoms with van der Waals surface area (Å²) in [6, 6.07) is 3.86. The molecule has 2 aromatic heterocycles. The van der Waals surface area contributed by atoms with Gasteiger partial charge in [-0.3, -0.25) is 0 Å². The van der Waals surface area contributed by atoms with E-state index >= 15 is 0 Å². The molecule has 2 aromatic rings. The zero-order valence-corrected chi connectivity index (χ0v) is 14.2. The minimum atomic E-state index is 0.595. The first kappa shape index (κ1) is 15.0. The van der Waals surface area contributed by atoms with Crippen LogP contribution >= 0.6 is 15.9 Å². The molecule has 3 heterocycles. The van der Waals surface area contributed by atoms with E-state index in [1.807, 2.05) is 6.20 Å². The lowest BCUT2D eigenvalue weighted by Crippen LogP contribution is -2.47. The molecule has 0 saturated carbocycles. The number of hydrogen-bond donors (Lipinski definition) is 0.